The number of esters is 1. The molecule has 4 nitrogen and oxygen atoms in total. The number of aryl methyl sites for hydroxylation is 1. The molecule has 2 rings (SSSR count). The first-order chi connectivity index (χ1) is 12.4. The molecule has 0 unspecified atom stereocenters. The number of anilines is 1. The van der Waals surface area contributed by atoms with Gasteiger partial charge in [-0.05, 0) is 42.5 Å². The lowest BCUT2D eigenvalue weighted by Crippen LogP contribution is -2.27. The molecule has 0 saturated carbocycles. The Bertz CT molecular complexity index is 755. The smallest absolute Gasteiger partial charge is 0.314 e. The molecule has 0 radical (unpaired) electrons. The van der Waals surface area contributed by atoms with Crippen molar-refractivity contribution in [1.82, 2.24) is 0 Å². The maximum Gasteiger partial charge on any atom is 0.314 e. The van der Waals surface area contributed by atoms with Crippen LogP contribution in [-0.4, -0.2) is 18.5 Å². The summed E-state index contributed by atoms with van der Waals surface area (Å²) in [6.07, 6.45) is 0.851. The minimum atomic E-state index is -0.366. The van der Waals surface area contributed by atoms with Crippen LogP contribution in [0.3, 0.4) is 0 Å². The number of nitrogens with one attached hydrogen (secondary N) is 1. The van der Waals surface area contributed by atoms with Crippen LogP contribution in [0.15, 0.2) is 48.5 Å². The van der Waals surface area contributed by atoms with Crippen molar-refractivity contribution in [2.24, 2.45) is 5.92 Å². The summed E-state index contributed by atoms with van der Waals surface area (Å²) in [6.45, 7) is 7.72. The summed E-state index contributed by atoms with van der Waals surface area (Å²) in [7, 11) is 0. The van der Waals surface area contributed by atoms with Crippen LogP contribution in [-0.2, 0) is 14.3 Å². The summed E-state index contributed by atoms with van der Waals surface area (Å²) in [6, 6.07) is 15.3. The Labute approximate surface area is 155 Å². The first-order valence-corrected chi connectivity index (χ1v) is 9.01. The van der Waals surface area contributed by atoms with E-state index in [4.69, 9.17) is 4.74 Å². The quantitative estimate of drug-likeness (QED) is 0.739. The van der Waals surface area contributed by atoms with E-state index in [1.54, 1.807) is 0 Å². The number of benzene rings is 2. The van der Waals surface area contributed by atoms with Crippen molar-refractivity contribution in [1.29, 1.82) is 0 Å². The second-order valence-corrected chi connectivity index (χ2v) is 6.68. The third-order valence-corrected chi connectivity index (χ3v) is 4.85. The molecule has 2 aromatic rings. The van der Waals surface area contributed by atoms with Gasteiger partial charge in [0.15, 0.2) is 6.61 Å². The Morgan fingerprint density at radius 2 is 1.73 bits per heavy atom. The molecule has 0 heterocycles. The zero-order valence-corrected chi connectivity index (χ0v) is 15.9. The highest BCUT2D eigenvalue weighted by Gasteiger charge is 2.27. The molecule has 0 aliphatic carbocycles. The van der Waals surface area contributed by atoms with Crippen LogP contribution < -0.4 is 5.32 Å². The molecule has 0 saturated heterocycles. The number of ether oxygens (including phenoxy) is 1. The van der Waals surface area contributed by atoms with Gasteiger partial charge in [0.05, 0.1) is 5.92 Å². The van der Waals surface area contributed by atoms with Gasteiger partial charge in [-0.25, -0.2) is 0 Å². The summed E-state index contributed by atoms with van der Waals surface area (Å²) in [5, 5.41) is 2.81. The zero-order chi connectivity index (χ0) is 19.1. The van der Waals surface area contributed by atoms with Gasteiger partial charge >= 0.3 is 5.97 Å². The maximum atomic E-state index is 12.6. The number of hydrogen-bond acceptors (Lipinski definition) is 3. The Morgan fingerprint density at radius 1 is 1.04 bits per heavy atom. The van der Waals surface area contributed by atoms with E-state index in [2.05, 4.69) is 5.32 Å². The standard InChI is InChI=1S/C22H27NO3/c1-5-15(2)21(18-11-7-6-8-12-18)22(25)26-14-20(24)23-19-13-9-10-16(3)17(19)4/h6-13,15,21H,5,14H2,1-4H3,(H,23,24)/t15-,21+/m1/s1. The first-order valence-electron chi connectivity index (χ1n) is 9.01. The van der Waals surface area contributed by atoms with Crippen LogP contribution in [0.1, 0.15) is 42.9 Å². The Morgan fingerprint density at radius 3 is 2.38 bits per heavy atom. The average molecular weight is 353 g/mol. The molecule has 0 aromatic heterocycles. The number of carbonyl (C=O) groups excluding carboxylic acids is 2. The van der Waals surface area contributed by atoms with E-state index in [-0.39, 0.29) is 30.3 Å². The summed E-state index contributed by atoms with van der Waals surface area (Å²) in [5.74, 6) is -0.925. The minimum Gasteiger partial charge on any atom is -0.455 e. The Balaban J connectivity index is 2.01. The highest BCUT2D eigenvalue weighted by Crippen LogP contribution is 2.28. The first kappa shape index (κ1) is 19.7. The molecule has 1 amide bonds. The van der Waals surface area contributed by atoms with Gasteiger partial charge in [-0.15, -0.1) is 0 Å². The molecule has 4 heteroatoms. The third-order valence-electron chi connectivity index (χ3n) is 4.85. The van der Waals surface area contributed by atoms with Gasteiger partial charge in [0.2, 0.25) is 0 Å². The van der Waals surface area contributed by atoms with Gasteiger partial charge in [-0.3, -0.25) is 9.59 Å². The summed E-state index contributed by atoms with van der Waals surface area (Å²) in [5.41, 5.74) is 3.77. The molecule has 138 valence electrons. The van der Waals surface area contributed by atoms with Crippen molar-refractivity contribution in [3.63, 3.8) is 0 Å². The summed E-state index contributed by atoms with van der Waals surface area (Å²) >= 11 is 0. The van der Waals surface area contributed by atoms with E-state index in [1.807, 2.05) is 76.2 Å². The lowest BCUT2D eigenvalue weighted by molar-refractivity contribution is -0.150. The number of rotatable bonds is 7. The monoisotopic (exact) mass is 353 g/mol. The Hall–Kier alpha value is -2.62. The Kier molecular flexibility index (Phi) is 6.96. The lowest BCUT2D eigenvalue weighted by Gasteiger charge is -2.21. The van der Waals surface area contributed by atoms with Gasteiger partial charge < -0.3 is 10.1 Å². The largest absolute Gasteiger partial charge is 0.455 e. The predicted molar refractivity (Wildman–Crippen MR) is 104 cm³/mol. The van der Waals surface area contributed by atoms with Gasteiger partial charge in [-0.2, -0.15) is 0 Å². The third kappa shape index (κ3) is 4.94. The highest BCUT2D eigenvalue weighted by atomic mass is 16.5. The molecule has 2 aromatic carbocycles. The van der Waals surface area contributed by atoms with Crippen LogP contribution in [0.4, 0.5) is 5.69 Å². The second-order valence-electron chi connectivity index (χ2n) is 6.68. The molecule has 1 N–H and O–H groups in total. The fraction of sp³-hybridized carbons (Fsp3) is 0.364. The average Bonchev–Trinajstić information content (AvgIpc) is 2.64. The maximum absolute atomic E-state index is 12.6. The molecule has 0 aliphatic rings. The molecule has 26 heavy (non-hydrogen) atoms. The molecular formula is C22H27NO3. The molecular weight excluding hydrogens is 326 g/mol. The van der Waals surface area contributed by atoms with Crippen molar-refractivity contribution < 1.29 is 14.3 Å². The molecule has 0 spiro atoms. The minimum absolute atomic E-state index is 0.131. The normalized spacial score (nSPS) is 12.9. The van der Waals surface area contributed by atoms with Crippen molar-refractivity contribution in [3.8, 4) is 0 Å². The summed E-state index contributed by atoms with van der Waals surface area (Å²) < 4.78 is 5.33. The molecule has 0 bridgehead atoms. The van der Waals surface area contributed by atoms with Gasteiger partial charge in [0.25, 0.3) is 5.91 Å². The number of amides is 1. The van der Waals surface area contributed by atoms with Gasteiger partial charge in [-0.1, -0.05) is 62.7 Å². The fourth-order valence-electron chi connectivity index (χ4n) is 2.89. The van der Waals surface area contributed by atoms with E-state index in [0.29, 0.717) is 0 Å². The molecule has 0 fully saturated rings. The van der Waals surface area contributed by atoms with Crippen molar-refractivity contribution in [2.75, 3.05) is 11.9 Å². The summed E-state index contributed by atoms with van der Waals surface area (Å²) in [4.78, 5) is 24.8. The lowest BCUT2D eigenvalue weighted by atomic mass is 9.86. The SMILES string of the molecule is CC[C@@H](C)[C@H](C(=O)OCC(=O)Nc1cccc(C)c1C)c1ccccc1. The van der Waals surface area contributed by atoms with Gasteiger partial charge in [0.1, 0.15) is 0 Å². The fourth-order valence-corrected chi connectivity index (χ4v) is 2.89. The predicted octanol–water partition coefficient (Wildman–Crippen LogP) is 4.62. The van der Waals surface area contributed by atoms with Crippen LogP contribution in [0, 0.1) is 19.8 Å². The van der Waals surface area contributed by atoms with E-state index in [9.17, 15) is 9.59 Å². The van der Waals surface area contributed by atoms with Crippen LogP contribution >= 0.6 is 0 Å². The second kappa shape index (κ2) is 9.18. The van der Waals surface area contributed by atoms with E-state index in [1.165, 1.54) is 0 Å². The zero-order valence-electron chi connectivity index (χ0n) is 15.9. The molecule has 0 aliphatic heterocycles. The molecule has 2 atom stereocenters. The van der Waals surface area contributed by atoms with Crippen molar-refractivity contribution >= 4 is 17.6 Å². The van der Waals surface area contributed by atoms with E-state index < -0.39 is 0 Å². The van der Waals surface area contributed by atoms with Gasteiger partial charge in [0, 0.05) is 5.69 Å². The van der Waals surface area contributed by atoms with E-state index >= 15 is 0 Å². The van der Waals surface area contributed by atoms with Crippen LogP contribution in [0.2, 0.25) is 0 Å². The topological polar surface area (TPSA) is 55.4 Å². The van der Waals surface area contributed by atoms with Crippen molar-refractivity contribution in [3.05, 3.63) is 65.2 Å². The number of carbonyl (C=O) groups is 2. The van der Waals surface area contributed by atoms with Crippen LogP contribution in [0.5, 0.6) is 0 Å². The van der Waals surface area contributed by atoms with Crippen LogP contribution in [0.25, 0.3) is 0 Å². The number of hydrogen-bond donors (Lipinski definition) is 1. The van der Waals surface area contributed by atoms with E-state index in [0.717, 1.165) is 28.8 Å². The highest BCUT2D eigenvalue weighted by molar-refractivity contribution is 5.94. The van der Waals surface area contributed by atoms with Crippen molar-refractivity contribution in [2.45, 2.75) is 40.0 Å².